The van der Waals surface area contributed by atoms with Gasteiger partial charge in [-0.2, -0.15) is 0 Å². The van der Waals surface area contributed by atoms with Crippen LogP contribution in [0.4, 0.5) is 0 Å². The SMILES string of the molecule is Cc1cccc(CSc2nnc3n(Cc4ccccc4)c(=O)c4ccc(C(=O)NC(C)C)cc4n23)c1. The van der Waals surface area contributed by atoms with Crippen LogP contribution in [-0.4, -0.2) is 31.1 Å². The van der Waals surface area contributed by atoms with Gasteiger partial charge in [-0.1, -0.05) is 71.9 Å². The average molecular weight is 498 g/mol. The van der Waals surface area contributed by atoms with E-state index in [1.165, 1.54) is 11.1 Å². The lowest BCUT2D eigenvalue weighted by atomic mass is 10.1. The van der Waals surface area contributed by atoms with Gasteiger partial charge in [0, 0.05) is 17.4 Å². The molecule has 0 atom stereocenters. The molecule has 1 N–H and O–H groups in total. The normalized spacial score (nSPS) is 11.4. The maximum absolute atomic E-state index is 13.6. The molecule has 2 heterocycles. The van der Waals surface area contributed by atoms with Crippen molar-refractivity contribution >= 4 is 34.3 Å². The highest BCUT2D eigenvalue weighted by Gasteiger charge is 2.19. The summed E-state index contributed by atoms with van der Waals surface area (Å²) in [6.07, 6.45) is 0. The molecule has 0 radical (unpaired) electrons. The maximum atomic E-state index is 13.6. The number of hydrogen-bond donors (Lipinski definition) is 1. The molecule has 0 aliphatic rings. The molecule has 0 bridgehead atoms. The van der Waals surface area contributed by atoms with Gasteiger partial charge in [0.25, 0.3) is 11.5 Å². The fourth-order valence-electron chi connectivity index (χ4n) is 4.22. The number of nitrogens with zero attached hydrogens (tertiary/aromatic N) is 4. The van der Waals surface area contributed by atoms with Crippen LogP contribution in [0.15, 0.2) is 82.7 Å². The van der Waals surface area contributed by atoms with Gasteiger partial charge in [-0.25, -0.2) is 0 Å². The summed E-state index contributed by atoms with van der Waals surface area (Å²) in [5.41, 5.74) is 4.30. The fourth-order valence-corrected chi connectivity index (χ4v) is 5.10. The smallest absolute Gasteiger partial charge is 0.263 e. The van der Waals surface area contributed by atoms with E-state index >= 15 is 0 Å². The number of aryl methyl sites for hydroxylation is 1. The highest BCUT2D eigenvalue weighted by molar-refractivity contribution is 7.98. The van der Waals surface area contributed by atoms with Crippen molar-refractivity contribution in [1.82, 2.24) is 24.5 Å². The molecular weight excluding hydrogens is 470 g/mol. The third kappa shape index (κ3) is 4.77. The molecule has 0 saturated carbocycles. The largest absolute Gasteiger partial charge is 0.350 e. The molecule has 7 nitrogen and oxygen atoms in total. The first-order valence-corrected chi connectivity index (χ1v) is 12.8. The first-order chi connectivity index (χ1) is 17.4. The Kier molecular flexibility index (Phi) is 6.61. The summed E-state index contributed by atoms with van der Waals surface area (Å²) in [5, 5.41) is 13.0. The molecule has 36 heavy (non-hydrogen) atoms. The van der Waals surface area contributed by atoms with Gasteiger partial charge >= 0.3 is 0 Å². The monoisotopic (exact) mass is 497 g/mol. The molecular formula is C28H27N5O2S. The molecule has 3 aromatic carbocycles. The molecule has 1 amide bonds. The van der Waals surface area contributed by atoms with Crippen molar-refractivity contribution in [3.63, 3.8) is 0 Å². The van der Waals surface area contributed by atoms with Crippen LogP contribution in [-0.2, 0) is 12.3 Å². The molecule has 182 valence electrons. The molecule has 0 aliphatic heterocycles. The topological polar surface area (TPSA) is 81.3 Å². The molecule has 0 fully saturated rings. The van der Waals surface area contributed by atoms with Gasteiger partial charge in [0.05, 0.1) is 17.4 Å². The van der Waals surface area contributed by atoms with E-state index in [4.69, 9.17) is 0 Å². The summed E-state index contributed by atoms with van der Waals surface area (Å²) in [7, 11) is 0. The second-order valence-corrected chi connectivity index (χ2v) is 10.1. The number of carbonyl (C=O) groups excluding carboxylic acids is 1. The van der Waals surface area contributed by atoms with E-state index in [1.54, 1.807) is 34.5 Å². The lowest BCUT2D eigenvalue weighted by Gasteiger charge is -2.13. The zero-order valence-electron chi connectivity index (χ0n) is 20.4. The summed E-state index contributed by atoms with van der Waals surface area (Å²) < 4.78 is 3.54. The Bertz CT molecular complexity index is 1620. The Morgan fingerprint density at radius 2 is 1.75 bits per heavy atom. The molecule has 5 rings (SSSR count). The summed E-state index contributed by atoms with van der Waals surface area (Å²) in [6.45, 7) is 6.27. The minimum atomic E-state index is -0.185. The van der Waals surface area contributed by atoms with E-state index in [0.717, 1.165) is 5.56 Å². The van der Waals surface area contributed by atoms with Crippen molar-refractivity contribution in [1.29, 1.82) is 0 Å². The second-order valence-electron chi connectivity index (χ2n) is 9.13. The summed E-state index contributed by atoms with van der Waals surface area (Å²) in [4.78, 5) is 26.4. The van der Waals surface area contributed by atoms with Gasteiger partial charge in [0.2, 0.25) is 5.78 Å². The van der Waals surface area contributed by atoms with Crippen LogP contribution in [0, 0.1) is 6.92 Å². The number of benzene rings is 3. The highest BCUT2D eigenvalue weighted by Crippen LogP contribution is 2.26. The Balaban J connectivity index is 1.67. The van der Waals surface area contributed by atoms with Crippen molar-refractivity contribution < 1.29 is 4.79 Å². The van der Waals surface area contributed by atoms with Gasteiger partial charge in [-0.3, -0.25) is 18.6 Å². The molecule has 8 heteroatoms. The molecule has 5 aromatic rings. The summed E-state index contributed by atoms with van der Waals surface area (Å²) in [5.74, 6) is 0.968. The number of fused-ring (bicyclic) bond motifs is 3. The number of aromatic nitrogens is 4. The molecule has 0 saturated heterocycles. The predicted octanol–water partition coefficient (Wildman–Crippen LogP) is 4.83. The maximum Gasteiger partial charge on any atom is 0.263 e. The lowest BCUT2D eigenvalue weighted by molar-refractivity contribution is 0.0943. The van der Waals surface area contributed by atoms with Crippen molar-refractivity contribution in [3.05, 3.63) is 105 Å². The number of amides is 1. The fraction of sp³-hybridized carbons (Fsp3) is 0.214. The Labute approximate surface area is 213 Å². The van der Waals surface area contributed by atoms with E-state index < -0.39 is 0 Å². The van der Waals surface area contributed by atoms with Crippen molar-refractivity contribution in [2.24, 2.45) is 0 Å². The number of hydrogen-bond acceptors (Lipinski definition) is 5. The number of carbonyl (C=O) groups is 1. The molecule has 0 unspecified atom stereocenters. The minimum Gasteiger partial charge on any atom is -0.350 e. The Hall–Kier alpha value is -3.91. The van der Waals surface area contributed by atoms with E-state index in [1.807, 2.05) is 54.6 Å². The van der Waals surface area contributed by atoms with Crippen molar-refractivity contribution in [2.45, 2.75) is 44.3 Å². The van der Waals surface area contributed by atoms with Gasteiger partial charge in [0.1, 0.15) is 0 Å². The number of thioether (sulfide) groups is 1. The third-order valence-corrected chi connectivity index (χ3v) is 6.89. The van der Waals surface area contributed by atoms with Gasteiger partial charge in [0.15, 0.2) is 5.16 Å². The standard InChI is InChI=1S/C28H27N5O2S/c1-18(2)29-25(34)22-12-13-23-24(15-22)33-27(32(26(23)35)16-20-9-5-4-6-10-20)30-31-28(33)36-17-21-11-7-8-19(3)14-21/h4-15,18H,16-17H2,1-3H3,(H,29,34). The van der Waals surface area contributed by atoms with Crippen molar-refractivity contribution in [2.75, 3.05) is 0 Å². The van der Waals surface area contributed by atoms with Crippen LogP contribution in [0.25, 0.3) is 16.7 Å². The first kappa shape index (κ1) is 23.8. The van der Waals surface area contributed by atoms with Crippen LogP contribution in [0.3, 0.4) is 0 Å². The minimum absolute atomic E-state index is 0.00227. The van der Waals surface area contributed by atoms with E-state index in [2.05, 4.69) is 40.6 Å². The van der Waals surface area contributed by atoms with E-state index in [-0.39, 0.29) is 17.5 Å². The Morgan fingerprint density at radius 1 is 0.972 bits per heavy atom. The number of rotatable bonds is 7. The quantitative estimate of drug-likeness (QED) is 0.326. The van der Waals surface area contributed by atoms with Crippen LogP contribution in [0.2, 0.25) is 0 Å². The van der Waals surface area contributed by atoms with Crippen LogP contribution in [0.5, 0.6) is 0 Å². The van der Waals surface area contributed by atoms with Gasteiger partial charge in [-0.15, -0.1) is 10.2 Å². The average Bonchev–Trinajstić information content (AvgIpc) is 3.29. The van der Waals surface area contributed by atoms with Gasteiger partial charge in [-0.05, 0) is 50.1 Å². The van der Waals surface area contributed by atoms with Crippen LogP contribution in [0.1, 0.15) is 40.9 Å². The van der Waals surface area contributed by atoms with Gasteiger partial charge < -0.3 is 5.32 Å². The summed E-state index contributed by atoms with van der Waals surface area (Å²) >= 11 is 1.55. The van der Waals surface area contributed by atoms with E-state index in [0.29, 0.717) is 39.7 Å². The zero-order valence-corrected chi connectivity index (χ0v) is 21.2. The Morgan fingerprint density at radius 3 is 2.50 bits per heavy atom. The molecule has 0 aliphatic carbocycles. The number of nitrogens with one attached hydrogen (secondary N) is 1. The third-order valence-electron chi connectivity index (χ3n) is 5.89. The summed E-state index contributed by atoms with van der Waals surface area (Å²) in [6, 6.07) is 23.3. The van der Waals surface area contributed by atoms with Crippen LogP contribution >= 0.6 is 11.8 Å². The zero-order chi connectivity index (χ0) is 25.2. The van der Waals surface area contributed by atoms with Crippen molar-refractivity contribution in [3.8, 4) is 0 Å². The van der Waals surface area contributed by atoms with Crippen LogP contribution < -0.4 is 10.9 Å². The first-order valence-electron chi connectivity index (χ1n) is 11.9. The predicted molar refractivity (Wildman–Crippen MR) is 144 cm³/mol. The highest BCUT2D eigenvalue weighted by atomic mass is 32.2. The molecule has 0 spiro atoms. The lowest BCUT2D eigenvalue weighted by Crippen LogP contribution is -2.30. The second kappa shape index (κ2) is 9.99. The van der Waals surface area contributed by atoms with E-state index in [9.17, 15) is 9.59 Å². The molecule has 2 aromatic heterocycles.